The van der Waals surface area contributed by atoms with Crippen molar-refractivity contribution in [2.75, 3.05) is 11.4 Å². The molecule has 0 atom stereocenters. The second kappa shape index (κ2) is 6.43. The summed E-state index contributed by atoms with van der Waals surface area (Å²) in [6, 6.07) is 7.18. The van der Waals surface area contributed by atoms with E-state index in [0.29, 0.717) is 11.6 Å². The van der Waals surface area contributed by atoms with E-state index in [2.05, 4.69) is 5.10 Å². The summed E-state index contributed by atoms with van der Waals surface area (Å²) in [6.07, 6.45) is 3.67. The first-order valence-electron chi connectivity index (χ1n) is 6.32. The van der Waals surface area contributed by atoms with Crippen LogP contribution in [-0.4, -0.2) is 27.4 Å². The highest BCUT2D eigenvalue weighted by Crippen LogP contribution is 2.21. The molecule has 2 aromatic rings. The van der Waals surface area contributed by atoms with Gasteiger partial charge in [0.25, 0.3) is 0 Å². The summed E-state index contributed by atoms with van der Waals surface area (Å²) < 4.78 is 1.81. The summed E-state index contributed by atoms with van der Waals surface area (Å²) in [5, 5.41) is 13.8. The first kappa shape index (κ1) is 14.4. The summed E-state index contributed by atoms with van der Waals surface area (Å²) in [5.41, 5.74) is 1.75. The molecule has 0 radical (unpaired) electrons. The van der Waals surface area contributed by atoms with Crippen molar-refractivity contribution < 1.29 is 9.90 Å². The van der Waals surface area contributed by atoms with Gasteiger partial charge in [-0.2, -0.15) is 5.10 Å². The SMILES string of the molecule is CCn1cc(CN(CC(=O)O)c2cccc(Cl)c2)cn1. The van der Waals surface area contributed by atoms with Crippen LogP contribution in [0.5, 0.6) is 0 Å². The van der Waals surface area contributed by atoms with E-state index in [1.165, 1.54) is 0 Å². The van der Waals surface area contributed by atoms with E-state index >= 15 is 0 Å². The van der Waals surface area contributed by atoms with Crippen molar-refractivity contribution in [2.45, 2.75) is 20.0 Å². The van der Waals surface area contributed by atoms with E-state index in [0.717, 1.165) is 17.8 Å². The Bertz CT molecular complexity index is 598. The van der Waals surface area contributed by atoms with Gasteiger partial charge in [-0.1, -0.05) is 17.7 Å². The molecule has 1 aromatic carbocycles. The van der Waals surface area contributed by atoms with E-state index < -0.39 is 5.97 Å². The van der Waals surface area contributed by atoms with Crippen LogP contribution < -0.4 is 4.90 Å². The number of carboxylic acids is 1. The minimum absolute atomic E-state index is 0.0857. The number of benzene rings is 1. The number of rotatable bonds is 6. The average Bonchev–Trinajstić information content (AvgIpc) is 2.85. The van der Waals surface area contributed by atoms with Crippen LogP contribution >= 0.6 is 11.6 Å². The van der Waals surface area contributed by atoms with Gasteiger partial charge in [-0.25, -0.2) is 0 Å². The van der Waals surface area contributed by atoms with Gasteiger partial charge in [-0.05, 0) is 25.1 Å². The fraction of sp³-hybridized carbons (Fsp3) is 0.286. The molecule has 1 N–H and O–H groups in total. The third kappa shape index (κ3) is 3.74. The first-order valence-corrected chi connectivity index (χ1v) is 6.70. The Morgan fingerprint density at radius 2 is 2.30 bits per heavy atom. The Balaban J connectivity index is 2.21. The maximum Gasteiger partial charge on any atom is 0.323 e. The third-order valence-electron chi connectivity index (χ3n) is 2.88. The van der Waals surface area contributed by atoms with Gasteiger partial charge in [0.05, 0.1) is 6.20 Å². The fourth-order valence-electron chi connectivity index (χ4n) is 1.96. The molecule has 0 aliphatic carbocycles. The number of hydrogen-bond acceptors (Lipinski definition) is 3. The molecule has 1 heterocycles. The minimum atomic E-state index is -0.882. The second-order valence-electron chi connectivity index (χ2n) is 4.43. The Kier molecular flexibility index (Phi) is 4.63. The first-order chi connectivity index (χ1) is 9.58. The van der Waals surface area contributed by atoms with E-state index in [9.17, 15) is 4.79 Å². The molecule has 2 rings (SSSR count). The maximum absolute atomic E-state index is 11.0. The van der Waals surface area contributed by atoms with Crippen molar-refractivity contribution >= 4 is 23.3 Å². The third-order valence-corrected chi connectivity index (χ3v) is 3.12. The van der Waals surface area contributed by atoms with E-state index in [-0.39, 0.29) is 6.54 Å². The molecule has 0 saturated carbocycles. The monoisotopic (exact) mass is 293 g/mol. The maximum atomic E-state index is 11.0. The van der Waals surface area contributed by atoms with Gasteiger partial charge >= 0.3 is 5.97 Å². The van der Waals surface area contributed by atoms with Crippen molar-refractivity contribution in [1.29, 1.82) is 0 Å². The number of carboxylic acid groups (broad SMARTS) is 1. The standard InChI is InChI=1S/C14H16ClN3O2/c1-2-18-9-11(7-16-18)8-17(10-14(19)20)13-5-3-4-12(15)6-13/h3-7,9H,2,8,10H2,1H3,(H,19,20). The van der Waals surface area contributed by atoms with Crippen LogP contribution in [0.4, 0.5) is 5.69 Å². The fourth-order valence-corrected chi connectivity index (χ4v) is 2.14. The van der Waals surface area contributed by atoms with Gasteiger partial charge in [-0.3, -0.25) is 9.48 Å². The normalized spacial score (nSPS) is 10.5. The number of aromatic nitrogens is 2. The van der Waals surface area contributed by atoms with E-state index in [1.807, 2.05) is 29.9 Å². The summed E-state index contributed by atoms with van der Waals surface area (Å²) >= 11 is 5.96. The average molecular weight is 294 g/mol. The molecule has 0 aliphatic heterocycles. The summed E-state index contributed by atoms with van der Waals surface area (Å²) in [6.45, 7) is 3.18. The van der Waals surface area contributed by atoms with Gasteiger partial charge in [-0.15, -0.1) is 0 Å². The van der Waals surface area contributed by atoms with Crippen LogP contribution in [0, 0.1) is 0 Å². The molecule has 20 heavy (non-hydrogen) atoms. The van der Waals surface area contributed by atoms with Gasteiger partial charge in [0, 0.05) is 35.6 Å². The highest BCUT2D eigenvalue weighted by atomic mass is 35.5. The number of halogens is 1. The predicted octanol–water partition coefficient (Wildman–Crippen LogP) is 2.65. The van der Waals surface area contributed by atoms with Gasteiger partial charge < -0.3 is 10.0 Å². The predicted molar refractivity (Wildman–Crippen MR) is 78.0 cm³/mol. The van der Waals surface area contributed by atoms with Crippen LogP contribution in [0.15, 0.2) is 36.7 Å². The number of carbonyl (C=O) groups is 1. The minimum Gasteiger partial charge on any atom is -0.480 e. The zero-order chi connectivity index (χ0) is 14.5. The van der Waals surface area contributed by atoms with Gasteiger partial charge in [0.2, 0.25) is 0 Å². The van der Waals surface area contributed by atoms with Gasteiger partial charge in [0.15, 0.2) is 0 Å². The largest absolute Gasteiger partial charge is 0.480 e. The highest BCUT2D eigenvalue weighted by molar-refractivity contribution is 6.30. The lowest BCUT2D eigenvalue weighted by Crippen LogP contribution is -2.29. The lowest BCUT2D eigenvalue weighted by Gasteiger charge is -2.22. The molecule has 0 spiro atoms. The number of hydrogen-bond donors (Lipinski definition) is 1. The Hall–Kier alpha value is -2.01. The molecule has 0 bridgehead atoms. The topological polar surface area (TPSA) is 58.4 Å². The van der Waals surface area contributed by atoms with Crippen LogP contribution in [0.25, 0.3) is 0 Å². The number of anilines is 1. The highest BCUT2D eigenvalue weighted by Gasteiger charge is 2.12. The van der Waals surface area contributed by atoms with Crippen molar-refractivity contribution in [3.05, 3.63) is 47.2 Å². The lowest BCUT2D eigenvalue weighted by molar-refractivity contribution is -0.135. The molecule has 5 nitrogen and oxygen atoms in total. The van der Waals surface area contributed by atoms with E-state index in [1.54, 1.807) is 23.2 Å². The molecule has 0 aliphatic rings. The van der Waals surface area contributed by atoms with Crippen LogP contribution in [0.3, 0.4) is 0 Å². The van der Waals surface area contributed by atoms with Crippen LogP contribution in [-0.2, 0) is 17.9 Å². The Morgan fingerprint density at radius 3 is 2.90 bits per heavy atom. The lowest BCUT2D eigenvalue weighted by atomic mass is 10.2. The number of aryl methyl sites for hydroxylation is 1. The van der Waals surface area contributed by atoms with Crippen molar-refractivity contribution in [3.8, 4) is 0 Å². The molecule has 0 saturated heterocycles. The van der Waals surface area contributed by atoms with Gasteiger partial charge in [0.1, 0.15) is 6.54 Å². The molecule has 0 unspecified atom stereocenters. The Labute approximate surface area is 122 Å². The second-order valence-corrected chi connectivity index (χ2v) is 4.87. The van der Waals surface area contributed by atoms with Crippen molar-refractivity contribution in [1.82, 2.24) is 9.78 Å². The molecule has 0 amide bonds. The zero-order valence-corrected chi connectivity index (χ0v) is 11.9. The molecule has 106 valence electrons. The van der Waals surface area contributed by atoms with E-state index in [4.69, 9.17) is 16.7 Å². The molecular formula is C14H16ClN3O2. The van der Waals surface area contributed by atoms with Crippen LogP contribution in [0.2, 0.25) is 5.02 Å². The number of nitrogens with zero attached hydrogens (tertiary/aromatic N) is 3. The Morgan fingerprint density at radius 1 is 1.50 bits per heavy atom. The summed E-state index contributed by atoms with van der Waals surface area (Å²) in [7, 11) is 0. The smallest absolute Gasteiger partial charge is 0.323 e. The molecular weight excluding hydrogens is 278 g/mol. The molecule has 1 aromatic heterocycles. The quantitative estimate of drug-likeness (QED) is 0.889. The number of aliphatic carboxylic acids is 1. The molecule has 0 fully saturated rings. The van der Waals surface area contributed by atoms with Crippen molar-refractivity contribution in [3.63, 3.8) is 0 Å². The van der Waals surface area contributed by atoms with Crippen LogP contribution in [0.1, 0.15) is 12.5 Å². The van der Waals surface area contributed by atoms with Crippen molar-refractivity contribution in [2.24, 2.45) is 0 Å². The summed E-state index contributed by atoms with van der Waals surface area (Å²) in [5.74, 6) is -0.882. The summed E-state index contributed by atoms with van der Waals surface area (Å²) in [4.78, 5) is 12.8. The zero-order valence-electron chi connectivity index (χ0n) is 11.2. The molecule has 6 heteroatoms.